The van der Waals surface area contributed by atoms with Gasteiger partial charge in [0.1, 0.15) is 11.8 Å². The molecule has 1 aromatic carbocycles. The summed E-state index contributed by atoms with van der Waals surface area (Å²) in [6.07, 6.45) is -12.6. The third-order valence-corrected chi connectivity index (χ3v) is 2.40. The molecule has 0 saturated heterocycles. The van der Waals surface area contributed by atoms with Gasteiger partial charge in [-0.2, -0.15) is 13.2 Å². The number of ether oxygens (including phenoxy) is 1. The molecule has 0 spiro atoms. The number of halogens is 6. The fourth-order valence-electron chi connectivity index (χ4n) is 1.47. The van der Waals surface area contributed by atoms with Crippen LogP contribution in [0.3, 0.4) is 0 Å². The number of benzene rings is 1. The van der Waals surface area contributed by atoms with Crippen LogP contribution in [0, 0.1) is 0 Å². The van der Waals surface area contributed by atoms with Gasteiger partial charge in [0.25, 0.3) is 0 Å². The number of hydrogen-bond donors (Lipinski definition) is 2. The van der Waals surface area contributed by atoms with Gasteiger partial charge < -0.3 is 15.6 Å². The number of alkyl halides is 6. The molecule has 1 aromatic rings. The van der Waals surface area contributed by atoms with E-state index in [1.807, 2.05) is 0 Å². The second kappa shape index (κ2) is 5.88. The predicted octanol–water partition coefficient (Wildman–Crippen LogP) is 2.90. The molecule has 0 amide bonds. The Kier molecular flexibility index (Phi) is 4.87. The standard InChI is InChI=1S/C11H11F6NO2/c12-10(13,14)9(18)5-7(19)6-3-1-2-4-8(6)20-11(15,16)17/h1-4,7,9,19H,5,18H2/t7-,9-/m1/s1. The van der Waals surface area contributed by atoms with Gasteiger partial charge in [-0.3, -0.25) is 0 Å². The molecule has 0 aliphatic carbocycles. The summed E-state index contributed by atoms with van der Waals surface area (Å²) in [6, 6.07) is 2.04. The molecule has 0 saturated carbocycles. The van der Waals surface area contributed by atoms with Gasteiger partial charge in [0.15, 0.2) is 0 Å². The Morgan fingerprint density at radius 3 is 2.15 bits per heavy atom. The summed E-state index contributed by atoms with van der Waals surface area (Å²) in [4.78, 5) is 0. The highest BCUT2D eigenvalue weighted by Crippen LogP contribution is 2.33. The van der Waals surface area contributed by atoms with E-state index < -0.39 is 42.4 Å². The maximum Gasteiger partial charge on any atom is 0.573 e. The predicted molar refractivity (Wildman–Crippen MR) is 56.7 cm³/mol. The normalized spacial score (nSPS) is 15.8. The first-order valence-electron chi connectivity index (χ1n) is 5.35. The van der Waals surface area contributed by atoms with E-state index in [2.05, 4.69) is 4.74 Å². The van der Waals surface area contributed by atoms with E-state index in [-0.39, 0.29) is 0 Å². The Hall–Kier alpha value is -1.48. The lowest BCUT2D eigenvalue weighted by Crippen LogP contribution is -2.38. The van der Waals surface area contributed by atoms with Crippen molar-refractivity contribution in [2.75, 3.05) is 0 Å². The van der Waals surface area contributed by atoms with E-state index in [4.69, 9.17) is 5.73 Å². The first kappa shape index (κ1) is 16.6. The van der Waals surface area contributed by atoms with Crippen molar-refractivity contribution in [3.8, 4) is 5.75 Å². The summed E-state index contributed by atoms with van der Waals surface area (Å²) in [7, 11) is 0. The van der Waals surface area contributed by atoms with Crippen molar-refractivity contribution in [3.05, 3.63) is 29.8 Å². The molecule has 0 bridgehead atoms. The van der Waals surface area contributed by atoms with Crippen molar-refractivity contribution in [2.45, 2.75) is 31.1 Å². The van der Waals surface area contributed by atoms with Crippen LogP contribution in [0.1, 0.15) is 18.1 Å². The lowest BCUT2D eigenvalue weighted by atomic mass is 10.0. The van der Waals surface area contributed by atoms with Crippen molar-refractivity contribution in [2.24, 2.45) is 5.73 Å². The third kappa shape index (κ3) is 4.89. The van der Waals surface area contributed by atoms with Crippen molar-refractivity contribution >= 4 is 0 Å². The minimum absolute atomic E-state index is 0.412. The molecular formula is C11H11F6NO2. The summed E-state index contributed by atoms with van der Waals surface area (Å²) in [5.41, 5.74) is 4.41. The van der Waals surface area contributed by atoms with Gasteiger partial charge in [-0.25, -0.2) is 0 Å². The van der Waals surface area contributed by atoms with Crippen LogP contribution in [0.4, 0.5) is 26.3 Å². The first-order valence-corrected chi connectivity index (χ1v) is 5.35. The minimum atomic E-state index is -5.01. The zero-order valence-electron chi connectivity index (χ0n) is 9.87. The molecule has 0 radical (unpaired) electrons. The summed E-state index contributed by atoms with van der Waals surface area (Å²) in [5.74, 6) is -0.762. The molecule has 0 aromatic heterocycles. The molecule has 9 heteroatoms. The second-order valence-electron chi connectivity index (χ2n) is 3.99. The monoisotopic (exact) mass is 303 g/mol. The second-order valence-corrected chi connectivity index (χ2v) is 3.99. The van der Waals surface area contributed by atoms with Gasteiger partial charge in [0.2, 0.25) is 0 Å². The van der Waals surface area contributed by atoms with Crippen LogP contribution >= 0.6 is 0 Å². The van der Waals surface area contributed by atoms with Gasteiger partial charge >= 0.3 is 12.5 Å². The van der Waals surface area contributed by atoms with Gasteiger partial charge in [-0.05, 0) is 6.07 Å². The summed E-state index contributed by atoms with van der Waals surface area (Å²) in [6.45, 7) is 0. The van der Waals surface area contributed by atoms with E-state index in [9.17, 15) is 31.4 Å². The molecule has 2 atom stereocenters. The average Bonchev–Trinajstić information content (AvgIpc) is 2.25. The quantitative estimate of drug-likeness (QED) is 0.841. The van der Waals surface area contributed by atoms with Crippen LogP contribution in [0.5, 0.6) is 5.75 Å². The number of nitrogens with two attached hydrogens (primary N) is 1. The number of rotatable bonds is 4. The zero-order chi connectivity index (χ0) is 15.6. The fourth-order valence-corrected chi connectivity index (χ4v) is 1.47. The SMILES string of the molecule is N[C@H](C[C@@H](O)c1ccccc1OC(F)(F)F)C(F)(F)F. The molecule has 3 N–H and O–H groups in total. The van der Waals surface area contributed by atoms with Gasteiger partial charge in [0.05, 0.1) is 6.10 Å². The van der Waals surface area contributed by atoms with Gasteiger partial charge in [-0.1, -0.05) is 18.2 Å². The summed E-state index contributed by atoms with van der Waals surface area (Å²) in [5, 5.41) is 9.60. The Bertz CT molecular complexity index is 445. The van der Waals surface area contributed by atoms with Crippen LogP contribution in [-0.4, -0.2) is 23.7 Å². The van der Waals surface area contributed by atoms with Gasteiger partial charge in [0, 0.05) is 12.0 Å². The van der Waals surface area contributed by atoms with Crippen molar-refractivity contribution in [1.82, 2.24) is 0 Å². The van der Waals surface area contributed by atoms with Crippen LogP contribution in [0.25, 0.3) is 0 Å². The highest BCUT2D eigenvalue weighted by atomic mass is 19.4. The molecule has 0 aliphatic heterocycles. The molecular weight excluding hydrogens is 292 g/mol. The lowest BCUT2D eigenvalue weighted by Gasteiger charge is -2.21. The molecule has 0 aliphatic rings. The maximum atomic E-state index is 12.2. The lowest BCUT2D eigenvalue weighted by molar-refractivity contribution is -0.275. The highest BCUT2D eigenvalue weighted by molar-refractivity contribution is 5.35. The molecule has 0 unspecified atom stereocenters. The van der Waals surface area contributed by atoms with Crippen LogP contribution in [0.2, 0.25) is 0 Å². The number of para-hydroxylation sites is 1. The van der Waals surface area contributed by atoms with E-state index in [0.29, 0.717) is 0 Å². The fraction of sp³-hybridized carbons (Fsp3) is 0.455. The number of hydrogen-bond acceptors (Lipinski definition) is 3. The molecule has 1 rings (SSSR count). The summed E-state index contributed by atoms with van der Waals surface area (Å²) < 4.78 is 76.8. The molecule has 114 valence electrons. The summed E-state index contributed by atoms with van der Waals surface area (Å²) >= 11 is 0. The van der Waals surface area contributed by atoms with E-state index in [0.717, 1.165) is 12.1 Å². The van der Waals surface area contributed by atoms with E-state index >= 15 is 0 Å². The van der Waals surface area contributed by atoms with E-state index in [1.54, 1.807) is 0 Å². The van der Waals surface area contributed by atoms with Gasteiger partial charge in [-0.15, -0.1) is 13.2 Å². The van der Waals surface area contributed by atoms with Crippen molar-refractivity contribution in [1.29, 1.82) is 0 Å². The van der Waals surface area contributed by atoms with Crippen molar-refractivity contribution < 1.29 is 36.2 Å². The van der Waals surface area contributed by atoms with Crippen molar-refractivity contribution in [3.63, 3.8) is 0 Å². The number of aliphatic hydroxyl groups is 1. The first-order chi connectivity index (χ1) is 9.00. The van der Waals surface area contributed by atoms with E-state index in [1.165, 1.54) is 12.1 Å². The third-order valence-electron chi connectivity index (χ3n) is 2.40. The zero-order valence-corrected chi connectivity index (χ0v) is 9.87. The van der Waals surface area contributed by atoms with Crippen LogP contribution in [0.15, 0.2) is 24.3 Å². The number of aliphatic hydroxyl groups excluding tert-OH is 1. The maximum absolute atomic E-state index is 12.2. The topological polar surface area (TPSA) is 55.5 Å². The average molecular weight is 303 g/mol. The Morgan fingerprint density at radius 2 is 1.65 bits per heavy atom. The largest absolute Gasteiger partial charge is 0.573 e. The minimum Gasteiger partial charge on any atom is -0.405 e. The Balaban J connectivity index is 2.90. The smallest absolute Gasteiger partial charge is 0.405 e. The molecule has 3 nitrogen and oxygen atoms in total. The van der Waals surface area contributed by atoms with Crippen LogP contribution in [-0.2, 0) is 0 Å². The molecule has 20 heavy (non-hydrogen) atoms. The van der Waals surface area contributed by atoms with Crippen LogP contribution < -0.4 is 10.5 Å². The highest BCUT2D eigenvalue weighted by Gasteiger charge is 2.39. The Labute approximate surface area is 109 Å². The molecule has 0 heterocycles. The Morgan fingerprint density at radius 1 is 1.10 bits per heavy atom. The molecule has 0 fully saturated rings.